The second kappa shape index (κ2) is 6.38. The Morgan fingerprint density at radius 2 is 1.70 bits per heavy atom. The fraction of sp³-hybridized carbons (Fsp3) is 0.222. The number of hydrogen-bond acceptors (Lipinski definition) is 5. The second-order valence-corrected chi connectivity index (χ2v) is 6.50. The molecule has 4 rings (SSSR count). The third-order valence-corrected chi connectivity index (χ3v) is 4.83. The second-order valence-electron chi connectivity index (χ2n) is 5.64. The largest absolute Gasteiger partial charge is 0.372 e. The Morgan fingerprint density at radius 3 is 2.43 bits per heavy atom. The van der Waals surface area contributed by atoms with Gasteiger partial charge < -0.3 is 10.2 Å². The first-order chi connectivity index (χ1) is 11.4. The fourth-order valence-electron chi connectivity index (χ4n) is 2.84. The molecule has 0 atom stereocenters. The van der Waals surface area contributed by atoms with E-state index in [9.17, 15) is 0 Å². The molecule has 23 heavy (non-hydrogen) atoms. The molecule has 1 N–H and O–H groups in total. The van der Waals surface area contributed by atoms with Crippen LogP contribution in [0.4, 0.5) is 16.5 Å². The van der Waals surface area contributed by atoms with Gasteiger partial charge in [-0.1, -0.05) is 12.1 Å². The van der Waals surface area contributed by atoms with E-state index in [0.29, 0.717) is 0 Å². The molecule has 0 aliphatic carbocycles. The maximum Gasteiger partial charge on any atom is 0.187 e. The van der Waals surface area contributed by atoms with Gasteiger partial charge in [-0.2, -0.15) is 0 Å². The summed E-state index contributed by atoms with van der Waals surface area (Å²) >= 11 is 1.62. The van der Waals surface area contributed by atoms with E-state index in [2.05, 4.69) is 49.8 Å². The quantitative estimate of drug-likeness (QED) is 0.765. The van der Waals surface area contributed by atoms with Crippen molar-refractivity contribution in [3.8, 4) is 11.3 Å². The summed E-state index contributed by atoms with van der Waals surface area (Å²) in [7, 11) is 0. The van der Waals surface area contributed by atoms with Gasteiger partial charge in [0.25, 0.3) is 0 Å². The van der Waals surface area contributed by atoms with Crippen LogP contribution in [-0.4, -0.2) is 23.1 Å². The third-order valence-electron chi connectivity index (χ3n) is 4.07. The summed E-state index contributed by atoms with van der Waals surface area (Å²) in [5, 5.41) is 6.30. The summed E-state index contributed by atoms with van der Waals surface area (Å²) < 4.78 is 0. The van der Waals surface area contributed by atoms with Crippen LogP contribution in [0.15, 0.2) is 54.2 Å². The van der Waals surface area contributed by atoms with Gasteiger partial charge in [-0.05, 0) is 37.1 Å². The van der Waals surface area contributed by atoms with Crippen LogP contribution >= 0.6 is 11.3 Å². The van der Waals surface area contributed by atoms with Crippen LogP contribution in [0.3, 0.4) is 0 Å². The van der Waals surface area contributed by atoms with E-state index in [1.807, 2.05) is 12.1 Å². The van der Waals surface area contributed by atoms with Crippen molar-refractivity contribution in [2.45, 2.75) is 12.8 Å². The van der Waals surface area contributed by atoms with E-state index in [0.717, 1.165) is 22.1 Å². The van der Waals surface area contributed by atoms with Gasteiger partial charge in [0.1, 0.15) is 0 Å². The van der Waals surface area contributed by atoms with Gasteiger partial charge in [-0.3, -0.25) is 4.98 Å². The van der Waals surface area contributed by atoms with Gasteiger partial charge >= 0.3 is 0 Å². The summed E-state index contributed by atoms with van der Waals surface area (Å²) in [5.41, 5.74) is 4.49. The maximum atomic E-state index is 4.68. The minimum absolute atomic E-state index is 0.898. The lowest BCUT2D eigenvalue weighted by Crippen LogP contribution is -2.17. The Balaban J connectivity index is 1.50. The molecule has 0 bridgehead atoms. The molecule has 0 amide bonds. The van der Waals surface area contributed by atoms with Crippen LogP contribution in [0.25, 0.3) is 11.3 Å². The number of pyridine rings is 1. The minimum Gasteiger partial charge on any atom is -0.372 e. The highest BCUT2D eigenvalue weighted by Gasteiger charge is 2.12. The average molecular weight is 322 g/mol. The molecular formula is C18H18N4S. The zero-order chi connectivity index (χ0) is 15.5. The van der Waals surface area contributed by atoms with Crippen molar-refractivity contribution >= 4 is 27.8 Å². The van der Waals surface area contributed by atoms with Crippen molar-refractivity contribution in [2.75, 3.05) is 23.3 Å². The van der Waals surface area contributed by atoms with E-state index in [1.54, 1.807) is 23.7 Å². The zero-order valence-corrected chi connectivity index (χ0v) is 13.6. The van der Waals surface area contributed by atoms with Gasteiger partial charge in [0.15, 0.2) is 5.13 Å². The van der Waals surface area contributed by atoms with Crippen LogP contribution in [0.1, 0.15) is 12.8 Å². The van der Waals surface area contributed by atoms with Crippen LogP contribution in [-0.2, 0) is 0 Å². The predicted octanol–water partition coefficient (Wildman–Crippen LogP) is 4.55. The Kier molecular flexibility index (Phi) is 3.94. The molecule has 116 valence electrons. The van der Waals surface area contributed by atoms with E-state index in [4.69, 9.17) is 0 Å². The molecule has 3 aromatic rings. The summed E-state index contributed by atoms with van der Waals surface area (Å²) in [4.78, 5) is 11.1. The van der Waals surface area contributed by atoms with Crippen molar-refractivity contribution in [3.63, 3.8) is 0 Å². The van der Waals surface area contributed by atoms with Crippen LogP contribution in [0.2, 0.25) is 0 Å². The Labute approximate surface area is 139 Å². The summed E-state index contributed by atoms with van der Waals surface area (Å²) in [6, 6.07) is 12.6. The Bertz CT molecular complexity index is 761. The molecule has 4 nitrogen and oxygen atoms in total. The minimum atomic E-state index is 0.898. The van der Waals surface area contributed by atoms with Crippen LogP contribution in [0, 0.1) is 0 Å². The lowest BCUT2D eigenvalue weighted by molar-refractivity contribution is 0.949. The highest BCUT2D eigenvalue weighted by Crippen LogP contribution is 2.29. The first-order valence-electron chi connectivity index (χ1n) is 7.86. The highest BCUT2D eigenvalue weighted by molar-refractivity contribution is 7.14. The molecule has 1 aliphatic heterocycles. The van der Waals surface area contributed by atoms with Crippen molar-refractivity contribution in [3.05, 3.63) is 54.2 Å². The van der Waals surface area contributed by atoms with Gasteiger partial charge in [-0.15, -0.1) is 11.3 Å². The van der Waals surface area contributed by atoms with E-state index < -0.39 is 0 Å². The van der Waals surface area contributed by atoms with E-state index in [-0.39, 0.29) is 0 Å². The number of rotatable bonds is 4. The molecule has 2 aromatic heterocycles. The molecule has 0 spiro atoms. The highest BCUT2D eigenvalue weighted by atomic mass is 32.1. The Hall–Kier alpha value is -2.40. The molecule has 5 heteroatoms. The monoisotopic (exact) mass is 322 g/mol. The van der Waals surface area contributed by atoms with Gasteiger partial charge in [0.2, 0.25) is 0 Å². The molecule has 1 fully saturated rings. The first kappa shape index (κ1) is 14.2. The van der Waals surface area contributed by atoms with Gasteiger partial charge in [0, 0.05) is 47.8 Å². The topological polar surface area (TPSA) is 41.1 Å². The summed E-state index contributed by atoms with van der Waals surface area (Å²) in [5.74, 6) is 0. The number of nitrogens with one attached hydrogen (secondary N) is 1. The van der Waals surface area contributed by atoms with Crippen molar-refractivity contribution in [2.24, 2.45) is 0 Å². The number of hydrogen-bond donors (Lipinski definition) is 1. The van der Waals surface area contributed by atoms with Crippen LogP contribution in [0.5, 0.6) is 0 Å². The fourth-order valence-corrected chi connectivity index (χ4v) is 3.58. The predicted molar refractivity (Wildman–Crippen MR) is 96.5 cm³/mol. The summed E-state index contributed by atoms with van der Waals surface area (Å²) in [6.07, 6.45) is 6.15. The number of aromatic nitrogens is 2. The molecule has 1 saturated heterocycles. The number of nitrogens with zero attached hydrogens (tertiary/aromatic N) is 3. The average Bonchev–Trinajstić information content (AvgIpc) is 3.28. The van der Waals surface area contributed by atoms with Gasteiger partial charge in [-0.25, -0.2) is 4.98 Å². The first-order valence-corrected chi connectivity index (χ1v) is 8.74. The molecule has 3 heterocycles. The standard InChI is InChI=1S/C18H18N4S/c1-2-12-22(11-1)16-5-3-14(4-6-16)17-13-23-18(21-17)20-15-7-9-19-10-8-15/h3-10,13H,1-2,11-12H2,(H,19,20,21). The lowest BCUT2D eigenvalue weighted by atomic mass is 10.1. The zero-order valence-electron chi connectivity index (χ0n) is 12.8. The molecule has 1 aliphatic rings. The molecule has 1 aromatic carbocycles. The van der Waals surface area contributed by atoms with Crippen molar-refractivity contribution < 1.29 is 0 Å². The van der Waals surface area contributed by atoms with Crippen molar-refractivity contribution in [1.82, 2.24) is 9.97 Å². The lowest BCUT2D eigenvalue weighted by Gasteiger charge is -2.17. The molecule has 0 saturated carbocycles. The maximum absolute atomic E-state index is 4.68. The third kappa shape index (κ3) is 3.19. The normalized spacial score (nSPS) is 14.2. The van der Waals surface area contributed by atoms with Crippen molar-refractivity contribution in [1.29, 1.82) is 0 Å². The summed E-state index contributed by atoms with van der Waals surface area (Å²) in [6.45, 7) is 2.35. The molecule has 0 radical (unpaired) electrons. The SMILES string of the molecule is c1cc(Nc2nc(-c3ccc(N4CCCC4)cc3)cs2)ccn1. The smallest absolute Gasteiger partial charge is 0.187 e. The van der Waals surface area contributed by atoms with E-state index in [1.165, 1.54) is 31.6 Å². The van der Waals surface area contributed by atoms with Gasteiger partial charge in [0.05, 0.1) is 5.69 Å². The molecule has 0 unspecified atom stereocenters. The van der Waals surface area contributed by atoms with E-state index >= 15 is 0 Å². The van der Waals surface area contributed by atoms with Crippen LogP contribution < -0.4 is 10.2 Å². The number of anilines is 3. The number of benzene rings is 1. The molecular weight excluding hydrogens is 304 g/mol. The number of thiazole rings is 1. The Morgan fingerprint density at radius 1 is 0.957 bits per heavy atom.